The van der Waals surface area contributed by atoms with Crippen LogP contribution in [-0.2, 0) is 20.9 Å². The lowest BCUT2D eigenvalue weighted by atomic mass is 10.7. The van der Waals surface area contributed by atoms with Gasteiger partial charge in [0.15, 0.2) is 0 Å². The molecular weight excluding hydrogens is 334 g/mol. The first-order valence-electron chi connectivity index (χ1n) is 5.98. The maximum atomic E-state index is 10.8. The molecule has 0 amide bonds. The number of rotatable bonds is 2. The summed E-state index contributed by atoms with van der Waals surface area (Å²) in [7, 11) is 0. The zero-order valence-electron chi connectivity index (χ0n) is 13.1. The molecule has 1 aromatic rings. The Morgan fingerprint density at radius 3 is 1.29 bits per heavy atom. The monoisotopic (exact) mass is 353 g/mol. The van der Waals surface area contributed by atoms with Crippen molar-refractivity contribution < 1.29 is 34.8 Å². The van der Waals surface area contributed by atoms with Crippen LogP contribution in [-0.4, -0.2) is 59.5 Å². The highest BCUT2D eigenvalue weighted by molar-refractivity contribution is 5.63. The van der Waals surface area contributed by atoms with E-state index in [0.29, 0.717) is 4.57 Å². The number of aromatic amines is 2. The number of carboxylic acids is 3. The topological polar surface area (TPSA) is 220 Å². The third-order valence-electron chi connectivity index (χ3n) is 1.25. The zero-order chi connectivity index (χ0) is 19.9. The smallest absolute Gasteiger partial charge is 0.333 e. The fraction of sp³-hybridized carbons (Fsp3) is 0.455. The van der Waals surface area contributed by atoms with Gasteiger partial charge in [0.1, 0.15) is 0 Å². The number of carbonyl (C=O) groups is 3. The second-order valence-corrected chi connectivity index (χ2v) is 3.62. The van der Waals surface area contributed by atoms with Gasteiger partial charge >= 0.3 is 17.1 Å². The Hall–Kier alpha value is -3.22. The van der Waals surface area contributed by atoms with Crippen LogP contribution in [0.2, 0.25) is 0 Å². The minimum Gasteiger partial charge on any atom is -0.481 e. The first-order chi connectivity index (χ1) is 10.8. The second kappa shape index (κ2) is 14.7. The van der Waals surface area contributed by atoms with Gasteiger partial charge in [-0.05, 0) is 0 Å². The highest BCUT2D eigenvalue weighted by Crippen LogP contribution is 1.63. The molecule has 1 heterocycles. The summed E-state index contributed by atoms with van der Waals surface area (Å²) in [6.45, 7) is 2.78. The zero-order valence-corrected chi connectivity index (χ0v) is 13.1. The summed E-state index contributed by atoms with van der Waals surface area (Å²) in [5, 5.41) is 30.7. The summed E-state index contributed by atoms with van der Waals surface area (Å²) in [6.07, 6.45) is 0. The van der Waals surface area contributed by atoms with E-state index in [1.54, 1.807) is 0 Å². The number of hydrogen-bond donors (Lipinski definition) is 6. The van der Waals surface area contributed by atoms with Gasteiger partial charge in [0.25, 0.3) is 17.9 Å². The largest absolute Gasteiger partial charge is 0.481 e. The fourth-order valence-corrected chi connectivity index (χ4v) is 0.756. The van der Waals surface area contributed by atoms with E-state index < -0.39 is 35.0 Å². The normalized spacial score (nSPS) is 8.17. The van der Waals surface area contributed by atoms with E-state index in [1.165, 1.54) is 0 Å². The molecule has 0 fully saturated rings. The summed E-state index contributed by atoms with van der Waals surface area (Å²) < 4.78 is 0.696. The Bertz CT molecular complexity index is 609. The Morgan fingerprint density at radius 1 is 0.833 bits per heavy atom. The average molecular weight is 353 g/mol. The molecule has 0 aromatic carbocycles. The molecule has 138 valence electrons. The lowest BCUT2D eigenvalue weighted by molar-refractivity contribution is -0.135. The van der Waals surface area contributed by atoms with Crippen molar-refractivity contribution in [3.8, 4) is 0 Å². The molecule has 1 aromatic heterocycles. The summed E-state index contributed by atoms with van der Waals surface area (Å²) >= 11 is 0. The molecular formula is C11H19N3O10. The van der Waals surface area contributed by atoms with E-state index in [2.05, 4.69) is 0 Å². The number of aromatic nitrogens is 3. The van der Waals surface area contributed by atoms with E-state index in [4.69, 9.17) is 34.8 Å². The number of hydrogen-bond acceptors (Lipinski definition) is 7. The van der Waals surface area contributed by atoms with Crippen molar-refractivity contribution in [2.45, 2.75) is 27.3 Å². The molecule has 0 bridgehead atoms. The molecule has 1 rings (SSSR count). The van der Waals surface area contributed by atoms with E-state index in [0.717, 1.165) is 20.8 Å². The van der Waals surface area contributed by atoms with Gasteiger partial charge in [0, 0.05) is 20.8 Å². The van der Waals surface area contributed by atoms with Crippen molar-refractivity contribution >= 4 is 17.9 Å². The number of H-pyrrole nitrogens is 2. The molecule has 24 heavy (non-hydrogen) atoms. The van der Waals surface area contributed by atoms with Crippen molar-refractivity contribution in [3.05, 3.63) is 31.5 Å². The van der Waals surface area contributed by atoms with Crippen LogP contribution in [0.5, 0.6) is 0 Å². The van der Waals surface area contributed by atoms with Gasteiger partial charge in [0.2, 0.25) is 0 Å². The Balaban J connectivity index is -0.000000304. The molecule has 6 N–H and O–H groups in total. The lowest BCUT2D eigenvalue weighted by Gasteiger charge is -1.97. The van der Waals surface area contributed by atoms with Crippen LogP contribution in [0.25, 0.3) is 0 Å². The molecule has 0 unspecified atom stereocenters. The van der Waals surface area contributed by atoms with Crippen LogP contribution in [0.15, 0.2) is 14.4 Å². The minimum absolute atomic E-state index is 0.134. The first kappa shape index (κ1) is 25.7. The SMILES string of the molecule is CC(=O)O.CC(=O)O.CC(=O)O.O=c1[nH]c(=O)n(CCO)c(=O)[nH]1. The number of aliphatic carboxylic acids is 3. The van der Waals surface area contributed by atoms with Crippen molar-refractivity contribution in [1.82, 2.24) is 14.5 Å². The van der Waals surface area contributed by atoms with Gasteiger partial charge in [-0.25, -0.2) is 19.0 Å². The van der Waals surface area contributed by atoms with Gasteiger partial charge in [-0.1, -0.05) is 0 Å². The predicted octanol–water partition coefficient (Wildman–Crippen LogP) is -2.51. The average Bonchev–Trinajstić information content (AvgIpc) is 2.31. The first-order valence-corrected chi connectivity index (χ1v) is 5.98. The number of nitrogens with one attached hydrogen (secondary N) is 2. The van der Waals surface area contributed by atoms with Crippen LogP contribution in [0.4, 0.5) is 0 Å². The maximum Gasteiger partial charge on any atom is 0.333 e. The van der Waals surface area contributed by atoms with Gasteiger partial charge in [0.05, 0.1) is 13.2 Å². The highest BCUT2D eigenvalue weighted by Gasteiger charge is 1.99. The summed E-state index contributed by atoms with van der Waals surface area (Å²) in [6, 6.07) is 0. The van der Waals surface area contributed by atoms with Crippen molar-refractivity contribution in [1.29, 1.82) is 0 Å². The Kier molecular flexibility index (Phi) is 15.8. The Labute approximate surface area is 133 Å². The molecule has 0 atom stereocenters. The maximum absolute atomic E-state index is 10.8. The van der Waals surface area contributed by atoms with Crippen LogP contribution in [0.3, 0.4) is 0 Å². The lowest BCUT2D eigenvalue weighted by Crippen LogP contribution is -2.43. The Morgan fingerprint density at radius 2 is 1.08 bits per heavy atom. The molecule has 0 aliphatic rings. The molecule has 0 spiro atoms. The molecule has 0 aliphatic heterocycles. The van der Waals surface area contributed by atoms with Crippen LogP contribution in [0.1, 0.15) is 20.8 Å². The third-order valence-corrected chi connectivity index (χ3v) is 1.25. The fourth-order valence-electron chi connectivity index (χ4n) is 0.756. The number of nitrogens with zero attached hydrogens (tertiary/aromatic N) is 1. The number of aliphatic hydroxyl groups excluding tert-OH is 1. The summed E-state index contributed by atoms with van der Waals surface area (Å²) in [4.78, 5) is 62.8. The van der Waals surface area contributed by atoms with Crippen LogP contribution < -0.4 is 17.1 Å². The van der Waals surface area contributed by atoms with Crippen LogP contribution >= 0.6 is 0 Å². The van der Waals surface area contributed by atoms with E-state index in [-0.39, 0.29) is 13.2 Å². The van der Waals surface area contributed by atoms with Gasteiger partial charge in [-0.2, -0.15) is 0 Å². The number of aliphatic hydroxyl groups is 1. The molecule has 0 saturated carbocycles. The van der Waals surface area contributed by atoms with E-state index >= 15 is 0 Å². The summed E-state index contributed by atoms with van der Waals surface area (Å²) in [5.41, 5.74) is -2.49. The van der Waals surface area contributed by atoms with Crippen molar-refractivity contribution in [2.24, 2.45) is 0 Å². The van der Waals surface area contributed by atoms with Gasteiger partial charge < -0.3 is 20.4 Å². The quantitative estimate of drug-likeness (QED) is 0.327. The van der Waals surface area contributed by atoms with Crippen molar-refractivity contribution in [3.63, 3.8) is 0 Å². The molecule has 13 nitrogen and oxygen atoms in total. The third kappa shape index (κ3) is 23.8. The highest BCUT2D eigenvalue weighted by atomic mass is 16.4. The van der Waals surface area contributed by atoms with Crippen molar-refractivity contribution in [2.75, 3.05) is 6.61 Å². The molecule has 0 radical (unpaired) electrons. The van der Waals surface area contributed by atoms with Crippen LogP contribution in [0, 0.1) is 0 Å². The van der Waals surface area contributed by atoms with Gasteiger partial charge in [-0.15, -0.1) is 0 Å². The molecule has 0 saturated heterocycles. The number of carboxylic acid groups (broad SMARTS) is 3. The summed E-state index contributed by atoms with van der Waals surface area (Å²) in [5.74, 6) is -2.50. The predicted molar refractivity (Wildman–Crippen MR) is 79.0 cm³/mol. The standard InChI is InChI=1S/C5H7N3O4.3C2H4O2/c9-2-1-8-4(11)6-3(10)7-5(8)12;3*1-2(3)4/h9H,1-2H2,(H2,6,7,10,11,12);3*1H3,(H,3,4). The minimum atomic E-state index is -0.848. The molecule has 0 aliphatic carbocycles. The second-order valence-electron chi connectivity index (χ2n) is 3.62. The van der Waals surface area contributed by atoms with E-state index in [9.17, 15) is 14.4 Å². The van der Waals surface area contributed by atoms with Gasteiger partial charge in [-0.3, -0.25) is 24.4 Å². The van der Waals surface area contributed by atoms with E-state index in [1.807, 2.05) is 9.97 Å². The molecule has 13 heteroatoms.